The van der Waals surface area contributed by atoms with Crippen LogP contribution in [0.1, 0.15) is 37.7 Å². The normalized spacial score (nSPS) is 20.2. The molecule has 0 unspecified atom stereocenters. The zero-order valence-electron chi connectivity index (χ0n) is 12.0. The first-order valence-electron chi connectivity index (χ1n) is 7.15. The van der Waals surface area contributed by atoms with Crippen molar-refractivity contribution in [1.82, 2.24) is 14.9 Å². The Hall–Kier alpha value is -1.30. The Morgan fingerprint density at radius 1 is 1.30 bits per heavy atom. The van der Waals surface area contributed by atoms with Crippen LogP contribution in [0.4, 0.5) is 10.6 Å². The molecule has 0 atom stereocenters. The third-order valence-corrected chi connectivity index (χ3v) is 4.77. The third kappa shape index (κ3) is 2.37. The Balaban J connectivity index is 1.88. The second kappa shape index (κ2) is 5.60. The van der Waals surface area contributed by atoms with Gasteiger partial charge in [0.2, 0.25) is 0 Å². The van der Waals surface area contributed by atoms with Gasteiger partial charge < -0.3 is 4.90 Å². The van der Waals surface area contributed by atoms with E-state index in [1.165, 1.54) is 31.0 Å². The SMILES string of the molecule is CSc1ncc2c(n1)N(C)C(=O)N(C1CCCCC1)C2. The molecule has 0 bridgehead atoms. The molecular formula is C14H20N4OS. The molecule has 5 nitrogen and oxygen atoms in total. The molecule has 1 fully saturated rings. The Morgan fingerprint density at radius 3 is 2.75 bits per heavy atom. The van der Waals surface area contributed by atoms with E-state index in [4.69, 9.17) is 0 Å². The van der Waals surface area contributed by atoms with E-state index in [0.717, 1.165) is 29.4 Å². The second-order valence-electron chi connectivity index (χ2n) is 5.47. The van der Waals surface area contributed by atoms with Crippen LogP contribution in [0.3, 0.4) is 0 Å². The summed E-state index contributed by atoms with van der Waals surface area (Å²) in [6, 6.07) is 0.460. The molecule has 1 saturated carbocycles. The number of hydrogen-bond acceptors (Lipinski definition) is 4. The maximum absolute atomic E-state index is 12.6. The maximum Gasteiger partial charge on any atom is 0.325 e. The molecule has 1 aromatic heterocycles. The fourth-order valence-corrected chi connectivity index (χ4v) is 3.43. The van der Waals surface area contributed by atoms with Gasteiger partial charge in [-0.3, -0.25) is 4.90 Å². The number of urea groups is 1. The molecule has 1 aliphatic heterocycles. The molecule has 2 aliphatic rings. The van der Waals surface area contributed by atoms with E-state index in [2.05, 4.69) is 9.97 Å². The van der Waals surface area contributed by atoms with Crippen LogP contribution in [0, 0.1) is 0 Å². The van der Waals surface area contributed by atoms with Crippen molar-refractivity contribution in [2.24, 2.45) is 0 Å². The monoisotopic (exact) mass is 292 g/mol. The van der Waals surface area contributed by atoms with E-state index in [0.29, 0.717) is 12.6 Å². The molecule has 1 aliphatic carbocycles. The molecule has 1 aromatic rings. The summed E-state index contributed by atoms with van der Waals surface area (Å²) >= 11 is 1.50. The summed E-state index contributed by atoms with van der Waals surface area (Å²) in [5.74, 6) is 0.765. The highest BCUT2D eigenvalue weighted by Gasteiger charge is 2.34. The first kappa shape index (κ1) is 13.7. The molecule has 0 spiro atoms. The number of carbonyl (C=O) groups is 1. The average molecular weight is 292 g/mol. The van der Waals surface area contributed by atoms with E-state index in [1.807, 2.05) is 24.4 Å². The number of amides is 2. The highest BCUT2D eigenvalue weighted by Crippen LogP contribution is 2.31. The zero-order chi connectivity index (χ0) is 14.1. The standard InChI is InChI=1S/C14H20N4OS/c1-17-12-10(8-15-13(16-12)20-2)9-18(14(17)19)11-6-4-3-5-7-11/h8,11H,3-7,9H2,1-2H3. The van der Waals surface area contributed by atoms with Gasteiger partial charge >= 0.3 is 6.03 Å². The number of aromatic nitrogens is 2. The fourth-order valence-electron chi connectivity index (χ4n) is 3.09. The first-order valence-corrected chi connectivity index (χ1v) is 8.37. The van der Waals surface area contributed by atoms with E-state index >= 15 is 0 Å². The molecule has 0 radical (unpaired) electrons. The van der Waals surface area contributed by atoms with Gasteiger partial charge in [0.05, 0.1) is 6.54 Å². The Bertz CT molecular complexity index is 516. The van der Waals surface area contributed by atoms with Gasteiger partial charge in [0, 0.05) is 24.8 Å². The fraction of sp³-hybridized carbons (Fsp3) is 0.643. The molecule has 2 heterocycles. The lowest BCUT2D eigenvalue weighted by Gasteiger charge is -2.40. The van der Waals surface area contributed by atoms with Gasteiger partial charge in [0.1, 0.15) is 5.82 Å². The van der Waals surface area contributed by atoms with Crippen molar-refractivity contribution in [3.8, 4) is 0 Å². The smallest absolute Gasteiger partial charge is 0.317 e. The molecule has 0 aromatic carbocycles. The van der Waals surface area contributed by atoms with Gasteiger partial charge in [-0.25, -0.2) is 14.8 Å². The van der Waals surface area contributed by atoms with Crippen LogP contribution in [-0.2, 0) is 6.54 Å². The number of fused-ring (bicyclic) bond motifs is 1. The van der Waals surface area contributed by atoms with E-state index < -0.39 is 0 Å². The van der Waals surface area contributed by atoms with Crippen LogP contribution < -0.4 is 4.90 Å². The molecule has 6 heteroatoms. The highest BCUT2D eigenvalue weighted by molar-refractivity contribution is 7.98. The summed E-state index contributed by atoms with van der Waals surface area (Å²) in [4.78, 5) is 25.1. The summed E-state index contributed by atoms with van der Waals surface area (Å²) in [5, 5.41) is 0.717. The summed E-state index contributed by atoms with van der Waals surface area (Å²) in [5.41, 5.74) is 1.05. The maximum atomic E-state index is 12.6. The molecule has 108 valence electrons. The minimum Gasteiger partial charge on any atom is -0.317 e. The summed E-state index contributed by atoms with van der Waals surface area (Å²) in [7, 11) is 1.81. The largest absolute Gasteiger partial charge is 0.325 e. The summed E-state index contributed by atoms with van der Waals surface area (Å²) < 4.78 is 0. The van der Waals surface area contributed by atoms with Gasteiger partial charge in [-0.05, 0) is 19.1 Å². The lowest BCUT2D eigenvalue weighted by atomic mass is 9.93. The summed E-state index contributed by atoms with van der Waals surface area (Å²) in [6.07, 6.45) is 9.82. The Labute approximate surface area is 123 Å². The van der Waals surface area contributed by atoms with E-state index in [9.17, 15) is 4.79 Å². The van der Waals surface area contributed by atoms with Crippen LogP contribution in [0.25, 0.3) is 0 Å². The Morgan fingerprint density at radius 2 is 2.05 bits per heavy atom. The summed E-state index contributed by atoms with van der Waals surface area (Å²) in [6.45, 7) is 0.651. The molecule has 20 heavy (non-hydrogen) atoms. The van der Waals surface area contributed by atoms with Gasteiger partial charge in [0.15, 0.2) is 5.16 Å². The van der Waals surface area contributed by atoms with Crippen LogP contribution >= 0.6 is 11.8 Å². The predicted molar refractivity (Wildman–Crippen MR) is 80.0 cm³/mol. The lowest BCUT2D eigenvalue weighted by Crippen LogP contribution is -2.50. The van der Waals surface area contributed by atoms with Gasteiger partial charge in [0.25, 0.3) is 0 Å². The minimum atomic E-state index is 0.0788. The van der Waals surface area contributed by atoms with Crippen LogP contribution in [0.15, 0.2) is 11.4 Å². The number of anilines is 1. The van der Waals surface area contributed by atoms with Gasteiger partial charge in [-0.1, -0.05) is 31.0 Å². The van der Waals surface area contributed by atoms with Crippen molar-refractivity contribution in [2.45, 2.75) is 49.8 Å². The first-order chi connectivity index (χ1) is 9.70. The molecule has 0 N–H and O–H groups in total. The number of thioether (sulfide) groups is 1. The van der Waals surface area contributed by atoms with Crippen molar-refractivity contribution in [3.05, 3.63) is 11.8 Å². The Kier molecular flexibility index (Phi) is 3.83. The average Bonchev–Trinajstić information content (AvgIpc) is 2.51. The van der Waals surface area contributed by atoms with Crippen molar-refractivity contribution < 1.29 is 4.79 Å². The number of nitrogens with zero attached hydrogens (tertiary/aromatic N) is 4. The number of hydrogen-bond donors (Lipinski definition) is 0. The van der Waals surface area contributed by atoms with Crippen molar-refractivity contribution >= 4 is 23.6 Å². The van der Waals surface area contributed by atoms with Crippen molar-refractivity contribution in [3.63, 3.8) is 0 Å². The molecule has 0 saturated heterocycles. The molecular weight excluding hydrogens is 272 g/mol. The third-order valence-electron chi connectivity index (χ3n) is 4.21. The van der Waals surface area contributed by atoms with Gasteiger partial charge in [-0.15, -0.1) is 0 Å². The van der Waals surface area contributed by atoms with Crippen LogP contribution in [0.5, 0.6) is 0 Å². The topological polar surface area (TPSA) is 49.3 Å². The highest BCUT2D eigenvalue weighted by atomic mass is 32.2. The van der Waals surface area contributed by atoms with Crippen molar-refractivity contribution in [2.75, 3.05) is 18.2 Å². The zero-order valence-corrected chi connectivity index (χ0v) is 12.8. The predicted octanol–water partition coefficient (Wildman–Crippen LogP) is 2.90. The minimum absolute atomic E-state index is 0.0788. The van der Waals surface area contributed by atoms with Crippen LogP contribution in [-0.4, -0.2) is 40.2 Å². The van der Waals surface area contributed by atoms with E-state index in [-0.39, 0.29) is 6.03 Å². The molecule has 2 amide bonds. The lowest BCUT2D eigenvalue weighted by molar-refractivity contribution is 0.153. The molecule has 3 rings (SSSR count). The van der Waals surface area contributed by atoms with Gasteiger partial charge in [-0.2, -0.15) is 0 Å². The number of rotatable bonds is 2. The quantitative estimate of drug-likeness (QED) is 0.621. The number of carbonyl (C=O) groups excluding carboxylic acids is 1. The van der Waals surface area contributed by atoms with Crippen LogP contribution in [0.2, 0.25) is 0 Å². The van der Waals surface area contributed by atoms with Crippen molar-refractivity contribution in [1.29, 1.82) is 0 Å². The van der Waals surface area contributed by atoms with E-state index in [1.54, 1.807) is 4.90 Å². The second-order valence-corrected chi connectivity index (χ2v) is 6.24.